The van der Waals surface area contributed by atoms with Crippen LogP contribution in [0.3, 0.4) is 0 Å². The zero-order valence-electron chi connectivity index (χ0n) is 10.3. The summed E-state index contributed by atoms with van der Waals surface area (Å²) in [5.41, 5.74) is 0. The highest BCUT2D eigenvalue weighted by Crippen LogP contribution is 2.34. The van der Waals surface area contributed by atoms with Gasteiger partial charge in [-0.2, -0.15) is 0 Å². The van der Waals surface area contributed by atoms with Crippen molar-refractivity contribution in [3.05, 3.63) is 0 Å². The van der Waals surface area contributed by atoms with Crippen molar-refractivity contribution in [2.24, 2.45) is 5.92 Å². The molecule has 3 fully saturated rings. The van der Waals surface area contributed by atoms with Crippen LogP contribution in [-0.4, -0.2) is 49.3 Å². The molecular formula is C13H24N2O. The van der Waals surface area contributed by atoms with Crippen molar-refractivity contribution in [2.75, 3.05) is 26.2 Å². The molecule has 92 valence electrons. The van der Waals surface area contributed by atoms with Crippen molar-refractivity contribution in [1.82, 2.24) is 10.2 Å². The number of hydrogen-bond donors (Lipinski definition) is 1. The SMILES string of the molecule is CC1CC(N2CCNC(C3CC3)C2)CCO1. The fourth-order valence-electron chi connectivity index (χ4n) is 3.25. The van der Waals surface area contributed by atoms with E-state index in [-0.39, 0.29) is 0 Å². The Balaban J connectivity index is 1.56. The van der Waals surface area contributed by atoms with E-state index >= 15 is 0 Å². The van der Waals surface area contributed by atoms with Gasteiger partial charge in [0.05, 0.1) is 6.10 Å². The lowest BCUT2D eigenvalue weighted by Crippen LogP contribution is -2.56. The first-order chi connectivity index (χ1) is 7.83. The minimum Gasteiger partial charge on any atom is -0.378 e. The summed E-state index contributed by atoms with van der Waals surface area (Å²) >= 11 is 0. The average molecular weight is 224 g/mol. The van der Waals surface area contributed by atoms with Crippen molar-refractivity contribution in [1.29, 1.82) is 0 Å². The quantitative estimate of drug-likeness (QED) is 0.764. The van der Waals surface area contributed by atoms with Crippen LogP contribution in [-0.2, 0) is 4.74 Å². The molecule has 0 amide bonds. The minimum atomic E-state index is 0.466. The lowest BCUT2D eigenvalue weighted by atomic mass is 9.99. The summed E-state index contributed by atoms with van der Waals surface area (Å²) in [6.07, 6.45) is 5.85. The van der Waals surface area contributed by atoms with Gasteiger partial charge in [0, 0.05) is 38.3 Å². The number of hydrogen-bond acceptors (Lipinski definition) is 3. The maximum absolute atomic E-state index is 5.64. The molecule has 1 saturated carbocycles. The molecule has 0 bridgehead atoms. The first-order valence-electron chi connectivity index (χ1n) is 6.92. The van der Waals surface area contributed by atoms with Gasteiger partial charge in [0.2, 0.25) is 0 Å². The predicted molar refractivity (Wildman–Crippen MR) is 64.5 cm³/mol. The Labute approximate surface area is 98.5 Å². The fraction of sp³-hybridized carbons (Fsp3) is 1.00. The molecule has 0 aromatic rings. The van der Waals surface area contributed by atoms with Gasteiger partial charge in [-0.15, -0.1) is 0 Å². The lowest BCUT2D eigenvalue weighted by molar-refractivity contribution is -0.0241. The van der Waals surface area contributed by atoms with Gasteiger partial charge in [-0.3, -0.25) is 4.90 Å². The Kier molecular flexibility index (Phi) is 3.18. The smallest absolute Gasteiger partial charge is 0.0561 e. The normalized spacial score (nSPS) is 42.2. The minimum absolute atomic E-state index is 0.466. The van der Waals surface area contributed by atoms with Crippen molar-refractivity contribution < 1.29 is 4.74 Å². The van der Waals surface area contributed by atoms with Gasteiger partial charge in [0.1, 0.15) is 0 Å². The van der Waals surface area contributed by atoms with Gasteiger partial charge in [0.25, 0.3) is 0 Å². The molecule has 0 spiro atoms. The topological polar surface area (TPSA) is 24.5 Å². The van der Waals surface area contributed by atoms with Crippen LogP contribution in [0.4, 0.5) is 0 Å². The van der Waals surface area contributed by atoms with E-state index in [1.807, 2.05) is 0 Å². The molecule has 2 aliphatic heterocycles. The van der Waals surface area contributed by atoms with Crippen LogP contribution in [0.1, 0.15) is 32.6 Å². The third-order valence-corrected chi connectivity index (χ3v) is 4.40. The average Bonchev–Trinajstić information content (AvgIpc) is 3.13. The van der Waals surface area contributed by atoms with E-state index in [9.17, 15) is 0 Å². The van der Waals surface area contributed by atoms with Crippen molar-refractivity contribution in [3.8, 4) is 0 Å². The summed E-state index contributed by atoms with van der Waals surface area (Å²) in [5, 5.41) is 3.69. The largest absolute Gasteiger partial charge is 0.378 e. The molecular weight excluding hydrogens is 200 g/mol. The zero-order valence-corrected chi connectivity index (χ0v) is 10.3. The summed E-state index contributed by atoms with van der Waals surface area (Å²) in [4.78, 5) is 2.72. The molecule has 0 radical (unpaired) electrons. The molecule has 3 heteroatoms. The van der Waals surface area contributed by atoms with E-state index in [0.29, 0.717) is 6.10 Å². The van der Waals surface area contributed by atoms with E-state index in [1.165, 1.54) is 45.3 Å². The summed E-state index contributed by atoms with van der Waals surface area (Å²) in [6.45, 7) is 6.88. The highest BCUT2D eigenvalue weighted by atomic mass is 16.5. The van der Waals surface area contributed by atoms with Gasteiger partial charge < -0.3 is 10.1 Å². The zero-order chi connectivity index (χ0) is 11.0. The summed E-state index contributed by atoms with van der Waals surface area (Å²) in [5.74, 6) is 0.986. The molecule has 2 saturated heterocycles. The number of nitrogens with one attached hydrogen (secondary N) is 1. The first-order valence-corrected chi connectivity index (χ1v) is 6.92. The predicted octanol–water partition coefficient (Wildman–Crippen LogP) is 1.24. The Morgan fingerprint density at radius 3 is 2.88 bits per heavy atom. The molecule has 0 aromatic heterocycles. The van der Waals surface area contributed by atoms with E-state index in [2.05, 4.69) is 17.1 Å². The Hall–Kier alpha value is -0.120. The van der Waals surface area contributed by atoms with Crippen molar-refractivity contribution in [3.63, 3.8) is 0 Å². The van der Waals surface area contributed by atoms with Crippen molar-refractivity contribution >= 4 is 0 Å². The van der Waals surface area contributed by atoms with Crippen molar-refractivity contribution in [2.45, 2.75) is 50.8 Å². The van der Waals surface area contributed by atoms with Crippen LogP contribution in [0.15, 0.2) is 0 Å². The maximum Gasteiger partial charge on any atom is 0.0561 e. The maximum atomic E-state index is 5.64. The van der Waals surface area contributed by atoms with Crippen LogP contribution in [0.2, 0.25) is 0 Å². The Morgan fingerprint density at radius 1 is 1.25 bits per heavy atom. The van der Waals surface area contributed by atoms with Gasteiger partial charge >= 0.3 is 0 Å². The molecule has 3 aliphatic rings. The standard InChI is InChI=1S/C13H24N2O/c1-10-8-12(4-7-16-10)15-6-5-14-13(9-15)11-2-3-11/h10-14H,2-9H2,1H3. The highest BCUT2D eigenvalue weighted by Gasteiger charge is 2.36. The first kappa shape index (κ1) is 11.0. The molecule has 1 aliphatic carbocycles. The molecule has 3 unspecified atom stereocenters. The molecule has 0 aromatic carbocycles. The monoisotopic (exact) mass is 224 g/mol. The third-order valence-electron chi connectivity index (χ3n) is 4.40. The molecule has 16 heavy (non-hydrogen) atoms. The second kappa shape index (κ2) is 4.63. The second-order valence-electron chi connectivity index (χ2n) is 5.75. The Morgan fingerprint density at radius 2 is 2.12 bits per heavy atom. The van der Waals surface area contributed by atoms with Crippen LogP contribution < -0.4 is 5.32 Å². The Bertz CT molecular complexity index is 242. The van der Waals surface area contributed by atoms with Gasteiger partial charge in [-0.05, 0) is 38.5 Å². The number of ether oxygens (including phenoxy) is 1. The molecule has 1 N–H and O–H groups in total. The number of piperazine rings is 1. The molecule has 2 heterocycles. The number of nitrogens with zero attached hydrogens (tertiary/aromatic N) is 1. The summed E-state index contributed by atoms with van der Waals surface area (Å²) in [7, 11) is 0. The van der Waals surface area contributed by atoms with E-state index < -0.39 is 0 Å². The van der Waals surface area contributed by atoms with E-state index in [0.717, 1.165) is 24.6 Å². The molecule has 3 nitrogen and oxygen atoms in total. The third kappa shape index (κ3) is 2.41. The molecule has 3 atom stereocenters. The summed E-state index contributed by atoms with van der Waals surface area (Å²) < 4.78 is 5.64. The summed E-state index contributed by atoms with van der Waals surface area (Å²) in [6, 6.07) is 1.57. The van der Waals surface area contributed by atoms with Crippen LogP contribution in [0.25, 0.3) is 0 Å². The van der Waals surface area contributed by atoms with E-state index in [4.69, 9.17) is 4.74 Å². The molecule has 3 rings (SSSR count). The number of rotatable bonds is 2. The van der Waals surface area contributed by atoms with Gasteiger partial charge in [-0.1, -0.05) is 0 Å². The van der Waals surface area contributed by atoms with Gasteiger partial charge in [0.15, 0.2) is 0 Å². The van der Waals surface area contributed by atoms with E-state index in [1.54, 1.807) is 0 Å². The lowest BCUT2D eigenvalue weighted by Gasteiger charge is -2.42. The van der Waals surface area contributed by atoms with Crippen LogP contribution in [0.5, 0.6) is 0 Å². The van der Waals surface area contributed by atoms with Crippen LogP contribution >= 0.6 is 0 Å². The van der Waals surface area contributed by atoms with Crippen LogP contribution in [0, 0.1) is 5.92 Å². The fourth-order valence-corrected chi connectivity index (χ4v) is 3.25. The highest BCUT2D eigenvalue weighted by molar-refractivity contribution is 4.93. The van der Waals surface area contributed by atoms with Gasteiger partial charge in [-0.25, -0.2) is 0 Å². The second-order valence-corrected chi connectivity index (χ2v) is 5.75.